The molecule has 0 saturated carbocycles. The van der Waals surface area contributed by atoms with Gasteiger partial charge in [0.1, 0.15) is 12.7 Å². The van der Waals surface area contributed by atoms with Gasteiger partial charge in [-0.2, -0.15) is 5.10 Å². The zero-order valence-electron chi connectivity index (χ0n) is 17.3. The van der Waals surface area contributed by atoms with E-state index in [1.54, 1.807) is 25.2 Å². The average Bonchev–Trinajstić information content (AvgIpc) is 3.25. The third-order valence-corrected chi connectivity index (χ3v) is 4.21. The van der Waals surface area contributed by atoms with Crippen molar-refractivity contribution in [3.05, 3.63) is 66.2 Å². The second-order valence-corrected chi connectivity index (χ2v) is 6.26. The summed E-state index contributed by atoms with van der Waals surface area (Å²) in [6.45, 7) is 3.85. The molecule has 3 rings (SSSR count). The van der Waals surface area contributed by atoms with Crippen LogP contribution in [0.2, 0.25) is 0 Å². The van der Waals surface area contributed by atoms with Gasteiger partial charge in [0, 0.05) is 25.3 Å². The summed E-state index contributed by atoms with van der Waals surface area (Å²) < 4.78 is 12.8. The van der Waals surface area contributed by atoms with Crippen molar-refractivity contribution in [1.29, 1.82) is 0 Å². The van der Waals surface area contributed by atoms with Crippen LogP contribution in [0.5, 0.6) is 11.5 Å². The molecule has 0 unspecified atom stereocenters. The first-order valence-corrected chi connectivity index (χ1v) is 9.40. The fourth-order valence-corrected chi connectivity index (χ4v) is 2.86. The number of nitrogens with zero attached hydrogens (tertiary/aromatic N) is 4. The number of hydrogen-bond acceptors (Lipinski definition) is 5. The van der Waals surface area contributed by atoms with Gasteiger partial charge in [0.05, 0.1) is 20.3 Å². The third-order valence-electron chi connectivity index (χ3n) is 4.21. The van der Waals surface area contributed by atoms with Crippen LogP contribution in [0.25, 0.3) is 0 Å². The number of nitrogens with one attached hydrogen (secondary N) is 2. The summed E-state index contributed by atoms with van der Waals surface area (Å²) in [6.07, 6.45) is 3.25. The molecule has 0 radical (unpaired) electrons. The summed E-state index contributed by atoms with van der Waals surface area (Å²) in [5.41, 5.74) is 3.17. The number of methoxy groups -OCH3 is 1. The van der Waals surface area contributed by atoms with Crippen molar-refractivity contribution < 1.29 is 9.47 Å². The van der Waals surface area contributed by atoms with Gasteiger partial charge in [-0.1, -0.05) is 24.3 Å². The Morgan fingerprint density at radius 3 is 2.67 bits per heavy atom. The Balaban J connectivity index is 0.00000320. The lowest BCUT2D eigenvalue weighted by atomic mass is 10.1. The van der Waals surface area contributed by atoms with Gasteiger partial charge >= 0.3 is 0 Å². The Morgan fingerprint density at radius 2 is 1.97 bits per heavy atom. The van der Waals surface area contributed by atoms with Crippen LogP contribution >= 0.6 is 24.0 Å². The Labute approximate surface area is 193 Å². The summed E-state index contributed by atoms with van der Waals surface area (Å²) in [5, 5.41) is 10.8. The first-order valence-electron chi connectivity index (χ1n) is 9.40. The molecule has 0 saturated heterocycles. The SMILES string of the molecule is CCOc1ccc(NC(=NC)NCc2cccc(Cn3cncn3)c2)cc1OC.I. The second kappa shape index (κ2) is 12.0. The number of hydrogen-bond donors (Lipinski definition) is 2. The van der Waals surface area contributed by atoms with Crippen molar-refractivity contribution in [2.24, 2.45) is 4.99 Å². The van der Waals surface area contributed by atoms with Crippen LogP contribution in [-0.4, -0.2) is 41.5 Å². The fraction of sp³-hybridized carbons (Fsp3) is 0.286. The Kier molecular flexibility index (Phi) is 9.39. The van der Waals surface area contributed by atoms with Crippen LogP contribution in [0.3, 0.4) is 0 Å². The van der Waals surface area contributed by atoms with Crippen LogP contribution in [0, 0.1) is 0 Å². The Bertz CT molecular complexity index is 946. The van der Waals surface area contributed by atoms with E-state index in [1.807, 2.05) is 31.2 Å². The number of guanidine groups is 1. The summed E-state index contributed by atoms with van der Waals surface area (Å²) in [4.78, 5) is 8.27. The minimum Gasteiger partial charge on any atom is -0.493 e. The molecule has 1 aromatic heterocycles. The number of halogens is 1. The number of anilines is 1. The van der Waals surface area contributed by atoms with E-state index < -0.39 is 0 Å². The van der Waals surface area contributed by atoms with Gasteiger partial charge in [-0.25, -0.2) is 9.67 Å². The molecule has 0 bridgehead atoms. The predicted octanol–water partition coefficient (Wildman–Crippen LogP) is 3.54. The molecule has 8 nitrogen and oxygen atoms in total. The molecule has 9 heteroatoms. The van der Waals surface area contributed by atoms with Gasteiger partial charge in [-0.3, -0.25) is 4.99 Å². The topological polar surface area (TPSA) is 85.6 Å². The number of benzene rings is 2. The molecule has 0 aliphatic heterocycles. The van der Waals surface area contributed by atoms with Crippen LogP contribution < -0.4 is 20.1 Å². The highest BCUT2D eigenvalue weighted by Gasteiger charge is 2.07. The number of aliphatic imine (C=N–C) groups is 1. The number of rotatable bonds is 8. The highest BCUT2D eigenvalue weighted by atomic mass is 127. The lowest BCUT2D eigenvalue weighted by molar-refractivity contribution is 0.311. The zero-order valence-corrected chi connectivity index (χ0v) is 19.7. The molecule has 0 amide bonds. The monoisotopic (exact) mass is 522 g/mol. The van der Waals surface area contributed by atoms with E-state index in [2.05, 4.69) is 43.9 Å². The van der Waals surface area contributed by atoms with Crippen molar-refractivity contribution in [3.8, 4) is 11.5 Å². The van der Waals surface area contributed by atoms with Gasteiger partial charge in [0.25, 0.3) is 0 Å². The maximum atomic E-state index is 5.56. The van der Waals surface area contributed by atoms with Gasteiger partial charge in [-0.15, -0.1) is 24.0 Å². The molecule has 2 N–H and O–H groups in total. The van der Waals surface area contributed by atoms with E-state index in [-0.39, 0.29) is 24.0 Å². The zero-order chi connectivity index (χ0) is 20.5. The Morgan fingerprint density at radius 1 is 1.13 bits per heavy atom. The normalized spacial score (nSPS) is 10.8. The summed E-state index contributed by atoms with van der Waals surface area (Å²) in [5.74, 6) is 2.05. The standard InChI is InChI=1S/C21H26N6O2.HI/c1-4-29-19-9-8-18(11-20(19)28-3)26-21(22-2)24-12-16-6-5-7-17(10-16)13-27-15-23-14-25-27;/h5-11,14-15H,4,12-13H2,1-3H3,(H2,22,24,26);1H. The van der Waals surface area contributed by atoms with E-state index in [4.69, 9.17) is 9.47 Å². The highest BCUT2D eigenvalue weighted by molar-refractivity contribution is 14.0. The molecule has 160 valence electrons. The first-order chi connectivity index (χ1) is 14.2. The smallest absolute Gasteiger partial charge is 0.195 e. The Hall–Kier alpha value is -2.82. The first kappa shape index (κ1) is 23.5. The van der Waals surface area contributed by atoms with Gasteiger partial charge in [-0.05, 0) is 30.2 Å². The van der Waals surface area contributed by atoms with Crippen LogP contribution in [-0.2, 0) is 13.1 Å². The summed E-state index contributed by atoms with van der Waals surface area (Å²) in [6, 6.07) is 14.0. The maximum Gasteiger partial charge on any atom is 0.195 e. The summed E-state index contributed by atoms with van der Waals surface area (Å²) >= 11 is 0. The predicted molar refractivity (Wildman–Crippen MR) is 129 cm³/mol. The molecule has 3 aromatic rings. The van der Waals surface area contributed by atoms with Gasteiger partial charge < -0.3 is 20.1 Å². The van der Waals surface area contributed by atoms with Crippen LogP contribution in [0.4, 0.5) is 5.69 Å². The van der Waals surface area contributed by atoms with E-state index in [9.17, 15) is 0 Å². The molecule has 2 aromatic carbocycles. The van der Waals surface area contributed by atoms with Crippen molar-refractivity contribution in [2.75, 3.05) is 26.1 Å². The lowest BCUT2D eigenvalue weighted by Gasteiger charge is -2.15. The van der Waals surface area contributed by atoms with Crippen molar-refractivity contribution in [1.82, 2.24) is 20.1 Å². The van der Waals surface area contributed by atoms with Gasteiger partial charge in [0.15, 0.2) is 17.5 Å². The quantitative estimate of drug-likeness (QED) is 0.268. The molecule has 0 atom stereocenters. The lowest BCUT2D eigenvalue weighted by Crippen LogP contribution is -2.30. The molecular weight excluding hydrogens is 495 g/mol. The fourth-order valence-electron chi connectivity index (χ4n) is 2.86. The number of aromatic nitrogens is 3. The third kappa shape index (κ3) is 6.61. The van der Waals surface area contributed by atoms with E-state index in [1.165, 1.54) is 6.33 Å². The highest BCUT2D eigenvalue weighted by Crippen LogP contribution is 2.30. The van der Waals surface area contributed by atoms with E-state index in [0.29, 0.717) is 37.2 Å². The molecule has 0 aliphatic carbocycles. The molecule has 1 heterocycles. The molecule has 0 fully saturated rings. The maximum absolute atomic E-state index is 5.56. The minimum absolute atomic E-state index is 0. The molecule has 0 aliphatic rings. The summed E-state index contributed by atoms with van der Waals surface area (Å²) in [7, 11) is 3.36. The van der Waals surface area contributed by atoms with Crippen LogP contribution in [0.1, 0.15) is 18.1 Å². The minimum atomic E-state index is 0. The van der Waals surface area contributed by atoms with Gasteiger partial charge in [0.2, 0.25) is 0 Å². The van der Waals surface area contributed by atoms with Crippen molar-refractivity contribution >= 4 is 35.6 Å². The average molecular weight is 522 g/mol. The van der Waals surface area contributed by atoms with Crippen molar-refractivity contribution in [2.45, 2.75) is 20.0 Å². The molecule has 30 heavy (non-hydrogen) atoms. The van der Waals surface area contributed by atoms with E-state index >= 15 is 0 Å². The van der Waals surface area contributed by atoms with Crippen molar-refractivity contribution in [3.63, 3.8) is 0 Å². The molecule has 0 spiro atoms. The van der Waals surface area contributed by atoms with Crippen LogP contribution in [0.15, 0.2) is 60.1 Å². The van der Waals surface area contributed by atoms with E-state index in [0.717, 1.165) is 16.8 Å². The second-order valence-electron chi connectivity index (χ2n) is 6.26. The number of ether oxygens (including phenoxy) is 2. The largest absolute Gasteiger partial charge is 0.493 e. The molecular formula is C21H27IN6O2.